The van der Waals surface area contributed by atoms with E-state index < -0.39 is 11.5 Å². The Morgan fingerprint density at radius 3 is 2.76 bits per heavy atom. The normalized spacial score (nSPS) is 10.9. The minimum atomic E-state index is -0.662. The number of fused-ring (bicyclic) bond motifs is 2. The van der Waals surface area contributed by atoms with E-state index in [9.17, 15) is 9.59 Å². The van der Waals surface area contributed by atoms with Crippen molar-refractivity contribution in [1.29, 1.82) is 0 Å². The first-order chi connectivity index (χ1) is 12.1. The molecule has 25 heavy (non-hydrogen) atoms. The first-order valence-electron chi connectivity index (χ1n) is 7.82. The summed E-state index contributed by atoms with van der Waals surface area (Å²) in [5, 5.41) is 4.30. The molecule has 0 aliphatic carbocycles. The Morgan fingerprint density at radius 1 is 1.04 bits per heavy atom. The van der Waals surface area contributed by atoms with E-state index in [1.807, 2.05) is 37.3 Å². The first-order valence-corrected chi connectivity index (χ1v) is 7.82. The van der Waals surface area contributed by atoms with E-state index in [1.165, 1.54) is 0 Å². The Morgan fingerprint density at radius 2 is 1.88 bits per heavy atom. The number of rotatable bonds is 2. The number of anilines is 1. The molecule has 0 aliphatic heterocycles. The van der Waals surface area contributed by atoms with Crippen molar-refractivity contribution < 1.29 is 9.21 Å². The van der Waals surface area contributed by atoms with Crippen LogP contribution in [0.2, 0.25) is 0 Å². The van der Waals surface area contributed by atoms with Gasteiger partial charge >= 0.3 is 5.63 Å². The fourth-order valence-corrected chi connectivity index (χ4v) is 2.78. The average molecular weight is 330 g/mol. The van der Waals surface area contributed by atoms with Gasteiger partial charge in [-0.15, -0.1) is 0 Å². The van der Waals surface area contributed by atoms with Crippen molar-refractivity contribution in [3.8, 4) is 0 Å². The summed E-state index contributed by atoms with van der Waals surface area (Å²) >= 11 is 0. The van der Waals surface area contributed by atoms with Crippen LogP contribution in [0.4, 0.5) is 5.69 Å². The minimum Gasteiger partial charge on any atom is -0.422 e. The number of hydrogen-bond acceptors (Lipinski definition) is 4. The van der Waals surface area contributed by atoms with E-state index in [2.05, 4.69) is 10.3 Å². The number of benzene rings is 2. The second kappa shape index (κ2) is 5.87. The van der Waals surface area contributed by atoms with E-state index in [-0.39, 0.29) is 5.56 Å². The summed E-state index contributed by atoms with van der Waals surface area (Å²) in [6, 6.07) is 17.9. The highest BCUT2D eigenvalue weighted by molar-refractivity contribution is 6.09. The molecule has 0 spiro atoms. The molecule has 4 aromatic rings. The van der Waals surface area contributed by atoms with Crippen LogP contribution in [-0.2, 0) is 0 Å². The van der Waals surface area contributed by atoms with E-state index >= 15 is 0 Å². The number of para-hydroxylation sites is 1. The Labute approximate surface area is 142 Å². The summed E-state index contributed by atoms with van der Waals surface area (Å²) < 4.78 is 5.23. The number of hydrogen-bond donors (Lipinski definition) is 1. The highest BCUT2D eigenvalue weighted by Crippen LogP contribution is 2.23. The molecule has 1 amide bonds. The van der Waals surface area contributed by atoms with Crippen molar-refractivity contribution in [2.45, 2.75) is 6.92 Å². The molecule has 0 aliphatic rings. The molecule has 2 heterocycles. The smallest absolute Gasteiger partial charge is 0.349 e. The predicted molar refractivity (Wildman–Crippen MR) is 96.9 cm³/mol. The second-order valence-electron chi connectivity index (χ2n) is 5.76. The summed E-state index contributed by atoms with van der Waals surface area (Å²) in [7, 11) is 0. The number of nitrogens with one attached hydrogen (secondary N) is 1. The molecule has 0 unspecified atom stereocenters. The lowest BCUT2D eigenvalue weighted by molar-refractivity contribution is 0.102. The number of nitrogens with zero attached hydrogens (tertiary/aromatic N) is 1. The summed E-state index contributed by atoms with van der Waals surface area (Å²) in [6.07, 6.45) is 0. The van der Waals surface area contributed by atoms with Crippen molar-refractivity contribution in [3.05, 3.63) is 82.3 Å². The monoisotopic (exact) mass is 330 g/mol. The molecular formula is C20H14N2O3. The molecule has 2 aromatic carbocycles. The van der Waals surface area contributed by atoms with Gasteiger partial charge in [0, 0.05) is 16.5 Å². The molecule has 122 valence electrons. The molecule has 4 rings (SSSR count). The quantitative estimate of drug-likeness (QED) is 0.566. The SMILES string of the molecule is Cc1ccc2c(NC(=O)c3cc4ccccc4oc3=O)cccc2n1. The maximum Gasteiger partial charge on any atom is 0.349 e. The van der Waals surface area contributed by atoms with E-state index in [1.54, 1.807) is 30.3 Å². The van der Waals surface area contributed by atoms with Gasteiger partial charge in [0.15, 0.2) is 0 Å². The van der Waals surface area contributed by atoms with Crippen molar-refractivity contribution in [3.63, 3.8) is 0 Å². The second-order valence-corrected chi connectivity index (χ2v) is 5.76. The van der Waals surface area contributed by atoms with Crippen molar-refractivity contribution in [2.75, 3.05) is 5.32 Å². The van der Waals surface area contributed by atoms with Crippen molar-refractivity contribution in [1.82, 2.24) is 4.98 Å². The van der Waals surface area contributed by atoms with Gasteiger partial charge in [0.1, 0.15) is 11.1 Å². The van der Waals surface area contributed by atoms with E-state index in [4.69, 9.17) is 4.42 Å². The van der Waals surface area contributed by atoms with Gasteiger partial charge in [-0.25, -0.2) is 4.79 Å². The zero-order chi connectivity index (χ0) is 17.4. The molecule has 5 nitrogen and oxygen atoms in total. The molecule has 0 bridgehead atoms. The molecule has 1 N–H and O–H groups in total. The van der Waals surface area contributed by atoms with Crippen molar-refractivity contribution in [2.24, 2.45) is 0 Å². The number of pyridine rings is 1. The average Bonchev–Trinajstić information content (AvgIpc) is 2.61. The third-order valence-corrected chi connectivity index (χ3v) is 4.01. The molecule has 2 aromatic heterocycles. The number of amides is 1. The van der Waals surface area contributed by atoms with Crippen LogP contribution < -0.4 is 10.9 Å². The fraction of sp³-hybridized carbons (Fsp3) is 0.0500. The molecule has 0 atom stereocenters. The lowest BCUT2D eigenvalue weighted by Crippen LogP contribution is -2.20. The summed E-state index contributed by atoms with van der Waals surface area (Å²) in [6.45, 7) is 1.91. The van der Waals surface area contributed by atoms with Crippen molar-refractivity contribution >= 4 is 33.5 Å². The third-order valence-electron chi connectivity index (χ3n) is 4.01. The number of carbonyl (C=O) groups excluding carboxylic acids is 1. The van der Waals surface area contributed by atoms with Gasteiger partial charge in [0.2, 0.25) is 0 Å². The topological polar surface area (TPSA) is 72.2 Å². The predicted octanol–water partition coefficient (Wildman–Crippen LogP) is 3.90. The molecule has 0 saturated carbocycles. The third kappa shape index (κ3) is 2.76. The molecular weight excluding hydrogens is 316 g/mol. The molecule has 0 saturated heterocycles. The summed E-state index contributed by atoms with van der Waals surface area (Å²) in [4.78, 5) is 29.2. The first kappa shape index (κ1) is 15.1. The minimum absolute atomic E-state index is 0.0317. The molecule has 5 heteroatoms. The van der Waals surface area contributed by atoms with Crippen LogP contribution >= 0.6 is 0 Å². The zero-order valence-electron chi connectivity index (χ0n) is 13.4. The molecule has 0 fully saturated rings. The number of aryl methyl sites for hydroxylation is 1. The van der Waals surface area contributed by atoms with Crippen LogP contribution in [0.5, 0.6) is 0 Å². The van der Waals surface area contributed by atoms with Gasteiger partial charge in [-0.2, -0.15) is 0 Å². The van der Waals surface area contributed by atoms with Gasteiger partial charge in [-0.1, -0.05) is 24.3 Å². The standard InChI is InChI=1S/C20H14N2O3/c1-12-9-10-14-16(21-12)6-4-7-17(14)22-19(23)15-11-13-5-2-3-8-18(13)25-20(15)24/h2-11H,1H3,(H,22,23). The van der Waals surface area contributed by atoms with Crippen LogP contribution in [0, 0.1) is 6.92 Å². The highest BCUT2D eigenvalue weighted by atomic mass is 16.4. The van der Waals surface area contributed by atoms with Gasteiger partial charge in [-0.05, 0) is 43.3 Å². The van der Waals surface area contributed by atoms with E-state index in [0.717, 1.165) is 16.6 Å². The van der Waals surface area contributed by atoms with Crippen LogP contribution in [-0.4, -0.2) is 10.9 Å². The Kier molecular flexibility index (Phi) is 3.54. The zero-order valence-corrected chi connectivity index (χ0v) is 13.4. The maximum absolute atomic E-state index is 12.6. The Bertz CT molecular complexity index is 1180. The maximum atomic E-state index is 12.6. The van der Waals surface area contributed by atoms with Crippen LogP contribution in [0.1, 0.15) is 16.1 Å². The van der Waals surface area contributed by atoms with Gasteiger partial charge in [-0.3, -0.25) is 9.78 Å². The lowest BCUT2D eigenvalue weighted by atomic mass is 10.1. The van der Waals surface area contributed by atoms with Gasteiger partial charge < -0.3 is 9.73 Å². The summed E-state index contributed by atoms with van der Waals surface area (Å²) in [5.41, 5.74) is 2.03. The molecule has 0 radical (unpaired) electrons. The largest absolute Gasteiger partial charge is 0.422 e. The van der Waals surface area contributed by atoms with Crippen LogP contribution in [0.15, 0.2) is 69.9 Å². The van der Waals surface area contributed by atoms with Crippen LogP contribution in [0.3, 0.4) is 0 Å². The van der Waals surface area contributed by atoms with E-state index in [0.29, 0.717) is 16.7 Å². The highest BCUT2D eigenvalue weighted by Gasteiger charge is 2.15. The number of aromatic nitrogens is 1. The number of carbonyl (C=O) groups is 1. The van der Waals surface area contributed by atoms with Crippen LogP contribution in [0.25, 0.3) is 21.9 Å². The Balaban J connectivity index is 1.76. The lowest BCUT2D eigenvalue weighted by Gasteiger charge is -2.08. The van der Waals surface area contributed by atoms with Gasteiger partial charge in [0.05, 0.1) is 11.2 Å². The van der Waals surface area contributed by atoms with Gasteiger partial charge in [0.25, 0.3) is 5.91 Å². The Hall–Kier alpha value is -3.47. The fourth-order valence-electron chi connectivity index (χ4n) is 2.78. The summed E-state index contributed by atoms with van der Waals surface area (Å²) in [5.74, 6) is -0.507.